The average molecular weight is 276 g/mol. The summed E-state index contributed by atoms with van der Waals surface area (Å²) in [6, 6.07) is 0.345. The van der Waals surface area contributed by atoms with Crippen molar-refractivity contribution in [2.75, 3.05) is 31.1 Å². The third-order valence-electron chi connectivity index (χ3n) is 3.89. The van der Waals surface area contributed by atoms with E-state index in [0.29, 0.717) is 43.1 Å². The number of piperidine rings is 1. The number of rotatable bonds is 6. The Morgan fingerprint density at radius 1 is 1.28 bits per heavy atom. The lowest BCUT2D eigenvalue weighted by atomic mass is 9.85. The van der Waals surface area contributed by atoms with Gasteiger partial charge in [0.25, 0.3) is 0 Å². The molecule has 1 rings (SSSR count). The lowest BCUT2D eigenvalue weighted by molar-refractivity contribution is 0.0796. The summed E-state index contributed by atoms with van der Waals surface area (Å²) >= 11 is 0. The molecular weight excluding hydrogens is 248 g/mol. The third kappa shape index (κ3) is 4.52. The number of nitrogens with two attached hydrogens (primary N) is 1. The van der Waals surface area contributed by atoms with Gasteiger partial charge >= 0.3 is 0 Å². The second-order valence-electron chi connectivity index (χ2n) is 5.77. The lowest BCUT2D eigenvalue weighted by Gasteiger charge is -2.42. The summed E-state index contributed by atoms with van der Waals surface area (Å²) in [6.45, 7) is 8.61. The molecule has 3 atom stereocenters. The van der Waals surface area contributed by atoms with Crippen molar-refractivity contribution in [2.45, 2.75) is 39.7 Å². The molecule has 0 aromatic carbocycles. The zero-order valence-corrected chi connectivity index (χ0v) is 12.7. The van der Waals surface area contributed by atoms with E-state index in [1.54, 1.807) is 0 Å². The summed E-state index contributed by atoms with van der Waals surface area (Å²) in [5, 5.41) is 0. The van der Waals surface area contributed by atoms with Gasteiger partial charge in [-0.25, -0.2) is 8.42 Å². The van der Waals surface area contributed by atoms with Gasteiger partial charge in [-0.05, 0) is 24.7 Å². The first kappa shape index (κ1) is 15.9. The fraction of sp³-hybridized carbons (Fsp3) is 1.00. The number of hydrogen-bond donors (Lipinski definition) is 1. The zero-order valence-electron chi connectivity index (χ0n) is 11.9. The summed E-state index contributed by atoms with van der Waals surface area (Å²) in [6.07, 6.45) is 1.90. The van der Waals surface area contributed by atoms with Crippen LogP contribution in [0.5, 0.6) is 0 Å². The Kier molecular flexibility index (Phi) is 6.08. The second-order valence-corrected chi connectivity index (χ2v) is 8.07. The highest BCUT2D eigenvalue weighted by Crippen LogP contribution is 2.26. The molecule has 1 aliphatic rings. The molecule has 1 fully saturated rings. The topological polar surface area (TPSA) is 63.4 Å². The quantitative estimate of drug-likeness (QED) is 0.789. The van der Waals surface area contributed by atoms with Crippen LogP contribution in [0.15, 0.2) is 0 Å². The first-order chi connectivity index (χ1) is 8.39. The predicted molar refractivity (Wildman–Crippen MR) is 76.3 cm³/mol. The summed E-state index contributed by atoms with van der Waals surface area (Å²) in [4.78, 5) is 2.28. The van der Waals surface area contributed by atoms with Crippen molar-refractivity contribution in [3.8, 4) is 0 Å². The van der Waals surface area contributed by atoms with E-state index < -0.39 is 9.84 Å². The maximum Gasteiger partial charge on any atom is 0.151 e. The van der Waals surface area contributed by atoms with Gasteiger partial charge in [-0.15, -0.1) is 0 Å². The van der Waals surface area contributed by atoms with E-state index in [-0.39, 0.29) is 5.75 Å². The molecule has 0 aromatic rings. The molecule has 1 heterocycles. The van der Waals surface area contributed by atoms with Crippen LogP contribution in [0.2, 0.25) is 0 Å². The fourth-order valence-electron chi connectivity index (χ4n) is 3.07. The monoisotopic (exact) mass is 276 g/mol. The van der Waals surface area contributed by atoms with Gasteiger partial charge in [-0.1, -0.05) is 20.8 Å². The summed E-state index contributed by atoms with van der Waals surface area (Å²) < 4.78 is 23.5. The maximum atomic E-state index is 11.8. The molecule has 18 heavy (non-hydrogen) atoms. The van der Waals surface area contributed by atoms with E-state index in [2.05, 4.69) is 18.7 Å². The van der Waals surface area contributed by atoms with Gasteiger partial charge in [0.2, 0.25) is 0 Å². The van der Waals surface area contributed by atoms with Crippen molar-refractivity contribution < 1.29 is 8.42 Å². The first-order valence-electron chi connectivity index (χ1n) is 7.04. The van der Waals surface area contributed by atoms with Gasteiger partial charge in [0, 0.05) is 31.4 Å². The molecule has 4 nitrogen and oxygen atoms in total. The lowest BCUT2D eigenvalue weighted by Crippen LogP contribution is -2.52. The van der Waals surface area contributed by atoms with E-state index in [4.69, 9.17) is 5.73 Å². The number of likely N-dealkylation sites (tertiary alicyclic amines) is 1. The van der Waals surface area contributed by atoms with E-state index in [0.717, 1.165) is 6.54 Å². The minimum atomic E-state index is -2.88. The van der Waals surface area contributed by atoms with Crippen LogP contribution in [0.25, 0.3) is 0 Å². The Morgan fingerprint density at radius 2 is 1.94 bits per heavy atom. The van der Waals surface area contributed by atoms with Crippen molar-refractivity contribution in [3.63, 3.8) is 0 Å². The van der Waals surface area contributed by atoms with Crippen molar-refractivity contribution in [3.05, 3.63) is 0 Å². The molecule has 1 aliphatic heterocycles. The van der Waals surface area contributed by atoms with Gasteiger partial charge in [0.1, 0.15) is 0 Å². The van der Waals surface area contributed by atoms with Crippen LogP contribution in [0.3, 0.4) is 0 Å². The predicted octanol–water partition coefficient (Wildman–Crippen LogP) is 1.12. The Balaban J connectivity index is 2.58. The van der Waals surface area contributed by atoms with Crippen molar-refractivity contribution in [1.82, 2.24) is 4.90 Å². The highest BCUT2D eigenvalue weighted by Gasteiger charge is 2.31. The molecule has 0 aromatic heterocycles. The smallest absolute Gasteiger partial charge is 0.151 e. The number of sulfone groups is 1. The Bertz CT molecular complexity index is 343. The van der Waals surface area contributed by atoms with Gasteiger partial charge < -0.3 is 5.73 Å². The molecule has 0 bridgehead atoms. The van der Waals surface area contributed by atoms with Crippen molar-refractivity contribution in [1.29, 1.82) is 0 Å². The van der Waals surface area contributed by atoms with Crippen molar-refractivity contribution >= 4 is 9.84 Å². The highest BCUT2D eigenvalue weighted by molar-refractivity contribution is 7.91. The van der Waals surface area contributed by atoms with Crippen LogP contribution >= 0.6 is 0 Å². The second kappa shape index (κ2) is 6.87. The fourth-order valence-corrected chi connectivity index (χ4v) is 4.41. The van der Waals surface area contributed by atoms with E-state index >= 15 is 0 Å². The van der Waals surface area contributed by atoms with Crippen LogP contribution in [0.4, 0.5) is 0 Å². The van der Waals surface area contributed by atoms with E-state index in [1.165, 1.54) is 6.42 Å². The molecular formula is C13H28N2O2S. The molecule has 2 N–H and O–H groups in total. The molecule has 1 saturated heterocycles. The Hall–Kier alpha value is -0.130. The van der Waals surface area contributed by atoms with Crippen LogP contribution in [0, 0.1) is 11.8 Å². The van der Waals surface area contributed by atoms with Crippen LogP contribution in [-0.4, -0.2) is 50.5 Å². The molecule has 3 unspecified atom stereocenters. The minimum absolute atomic E-state index is 0.275. The third-order valence-corrected chi connectivity index (χ3v) is 5.73. The summed E-state index contributed by atoms with van der Waals surface area (Å²) in [5.74, 6) is 1.78. The van der Waals surface area contributed by atoms with Gasteiger partial charge in [0.05, 0.1) is 5.75 Å². The molecule has 0 saturated carbocycles. The largest absolute Gasteiger partial charge is 0.329 e. The van der Waals surface area contributed by atoms with Gasteiger partial charge in [-0.2, -0.15) is 0 Å². The molecule has 108 valence electrons. The first-order valence-corrected chi connectivity index (χ1v) is 8.86. The van der Waals surface area contributed by atoms with E-state index in [1.807, 2.05) is 6.92 Å². The number of hydrogen-bond acceptors (Lipinski definition) is 4. The minimum Gasteiger partial charge on any atom is -0.329 e. The van der Waals surface area contributed by atoms with Crippen LogP contribution in [0.1, 0.15) is 33.6 Å². The Labute approximate surface area is 112 Å². The number of nitrogens with zero attached hydrogens (tertiary/aromatic N) is 1. The summed E-state index contributed by atoms with van der Waals surface area (Å²) in [7, 11) is -2.88. The van der Waals surface area contributed by atoms with Crippen LogP contribution < -0.4 is 5.73 Å². The highest BCUT2D eigenvalue weighted by atomic mass is 32.2. The van der Waals surface area contributed by atoms with Gasteiger partial charge in [0.15, 0.2) is 9.84 Å². The molecule has 0 spiro atoms. The van der Waals surface area contributed by atoms with E-state index in [9.17, 15) is 8.42 Å². The van der Waals surface area contributed by atoms with Gasteiger partial charge in [-0.3, -0.25) is 4.90 Å². The molecule has 0 amide bonds. The Morgan fingerprint density at radius 3 is 2.50 bits per heavy atom. The standard InChI is InChI=1S/C13H28N2O2S/c1-4-6-18(16,17)7-5-15-10-11(2)8-12(3)13(15)9-14/h11-13H,4-10,14H2,1-3H3. The average Bonchev–Trinajstić information content (AvgIpc) is 2.26. The maximum absolute atomic E-state index is 11.8. The van der Waals surface area contributed by atoms with Crippen molar-refractivity contribution in [2.24, 2.45) is 17.6 Å². The molecule has 5 heteroatoms. The zero-order chi connectivity index (χ0) is 13.8. The summed E-state index contributed by atoms with van der Waals surface area (Å²) in [5.41, 5.74) is 5.84. The SMILES string of the molecule is CCCS(=O)(=O)CCN1CC(C)CC(C)C1CN. The van der Waals surface area contributed by atoms with Crippen LogP contribution in [-0.2, 0) is 9.84 Å². The normalized spacial score (nSPS) is 30.6. The molecule has 0 aliphatic carbocycles. The molecule has 0 radical (unpaired) electrons.